The maximum Gasteiger partial charge on any atom is 0.319 e. The summed E-state index contributed by atoms with van der Waals surface area (Å²) in [6, 6.07) is 12.8. The number of piperazine rings is 1. The van der Waals surface area contributed by atoms with Crippen molar-refractivity contribution in [3.8, 4) is 23.3 Å². The lowest BCUT2D eigenvalue weighted by molar-refractivity contribution is -0.128. The van der Waals surface area contributed by atoms with E-state index in [4.69, 9.17) is 26.1 Å². The van der Waals surface area contributed by atoms with Crippen LogP contribution >= 0.6 is 11.6 Å². The van der Waals surface area contributed by atoms with E-state index in [0.29, 0.717) is 59.8 Å². The lowest BCUT2D eigenvalue weighted by atomic mass is 9.95. The number of rotatable bonds is 9. The molecule has 2 aromatic heterocycles. The van der Waals surface area contributed by atoms with Crippen molar-refractivity contribution in [2.24, 2.45) is 0 Å². The molecule has 0 radical (unpaired) electrons. The molecule has 5 atom stereocenters. The van der Waals surface area contributed by atoms with Crippen molar-refractivity contribution in [3.63, 3.8) is 0 Å². The second-order valence-electron chi connectivity index (χ2n) is 15.4. The van der Waals surface area contributed by atoms with E-state index in [0.717, 1.165) is 37.9 Å². The summed E-state index contributed by atoms with van der Waals surface area (Å²) in [6.07, 6.45) is 6.55. The minimum atomic E-state index is -0.937. The van der Waals surface area contributed by atoms with Crippen molar-refractivity contribution >= 4 is 45.0 Å². The summed E-state index contributed by atoms with van der Waals surface area (Å²) < 4.78 is 43.7. The highest BCUT2D eigenvalue weighted by Gasteiger charge is 2.49. The van der Waals surface area contributed by atoms with Gasteiger partial charge in [-0.3, -0.25) is 19.6 Å². The fourth-order valence-corrected chi connectivity index (χ4v) is 9.39. The molecule has 0 N–H and O–H groups in total. The molecule has 0 spiro atoms. The number of hydrogen-bond donors (Lipinski definition) is 0. The molecule has 4 fully saturated rings. The SMILES string of the molecule is C[C@@H]1CN(C/C=C/C(=O)N2CCN(c3nc(OC[C@@]45CCCN4C[C@H](F)C5)nc4c(F)c(-c5cccc6cccc(Cl)c56)ncc34)C[C@@H]2CC#N)C[C@@H](C)O1. The first kappa shape index (κ1) is 37.4. The number of hydrogen-bond acceptors (Lipinski definition) is 10. The highest BCUT2D eigenvalue weighted by atomic mass is 35.5. The van der Waals surface area contributed by atoms with Crippen LogP contribution in [0.15, 0.2) is 54.7 Å². The molecule has 4 aliphatic rings. The van der Waals surface area contributed by atoms with Crippen LogP contribution in [0.1, 0.15) is 39.5 Å². The summed E-state index contributed by atoms with van der Waals surface area (Å²) in [6.45, 7) is 8.61. The maximum absolute atomic E-state index is 17.0. The fourth-order valence-electron chi connectivity index (χ4n) is 9.10. The zero-order chi connectivity index (χ0) is 38.3. The summed E-state index contributed by atoms with van der Waals surface area (Å²) in [5.41, 5.74) is 0.172. The van der Waals surface area contributed by atoms with Gasteiger partial charge in [0.25, 0.3) is 0 Å². The molecule has 288 valence electrons. The Morgan fingerprint density at radius 2 is 1.91 bits per heavy atom. The molecule has 0 unspecified atom stereocenters. The molecule has 1 amide bonds. The van der Waals surface area contributed by atoms with Crippen LogP contribution in [0.5, 0.6) is 6.01 Å². The zero-order valence-electron chi connectivity index (χ0n) is 31.1. The summed E-state index contributed by atoms with van der Waals surface area (Å²) in [7, 11) is 0. The van der Waals surface area contributed by atoms with Crippen LogP contribution in [0.2, 0.25) is 5.02 Å². The first-order valence-corrected chi connectivity index (χ1v) is 19.5. The van der Waals surface area contributed by atoms with Crippen molar-refractivity contribution in [1.29, 1.82) is 5.26 Å². The quantitative estimate of drug-likeness (QED) is 0.183. The van der Waals surface area contributed by atoms with E-state index in [9.17, 15) is 14.4 Å². The number of amides is 1. The van der Waals surface area contributed by atoms with Crippen molar-refractivity contribution in [2.75, 3.05) is 63.9 Å². The van der Waals surface area contributed by atoms with Crippen LogP contribution in [-0.4, -0.2) is 124 Å². The Bertz CT molecular complexity index is 2150. The molecule has 14 heteroatoms. The van der Waals surface area contributed by atoms with E-state index in [1.165, 1.54) is 0 Å². The molecular formula is C41H45ClF2N8O3. The zero-order valence-corrected chi connectivity index (χ0v) is 31.9. The number of ether oxygens (including phenoxy) is 2. The van der Waals surface area contributed by atoms with Gasteiger partial charge >= 0.3 is 6.01 Å². The highest BCUT2D eigenvalue weighted by Crippen LogP contribution is 2.41. The van der Waals surface area contributed by atoms with E-state index in [1.807, 2.05) is 49.1 Å². The number of carbonyl (C=O) groups is 1. The van der Waals surface area contributed by atoms with E-state index in [1.54, 1.807) is 29.3 Å². The molecule has 55 heavy (non-hydrogen) atoms. The van der Waals surface area contributed by atoms with Gasteiger partial charge in [0, 0.05) is 80.5 Å². The van der Waals surface area contributed by atoms with Gasteiger partial charge < -0.3 is 19.3 Å². The number of nitrogens with zero attached hydrogens (tertiary/aromatic N) is 8. The second kappa shape index (κ2) is 15.6. The predicted octanol–water partition coefficient (Wildman–Crippen LogP) is 6.19. The van der Waals surface area contributed by atoms with Crippen LogP contribution in [0.25, 0.3) is 32.9 Å². The molecule has 4 aliphatic heterocycles. The smallest absolute Gasteiger partial charge is 0.319 e. The average molecular weight is 771 g/mol. The van der Waals surface area contributed by atoms with E-state index >= 15 is 4.39 Å². The van der Waals surface area contributed by atoms with Gasteiger partial charge in [-0.2, -0.15) is 15.2 Å². The van der Waals surface area contributed by atoms with Gasteiger partial charge in [-0.1, -0.05) is 48.0 Å². The van der Waals surface area contributed by atoms with Gasteiger partial charge in [-0.15, -0.1) is 0 Å². The molecule has 4 saturated heterocycles. The number of carbonyl (C=O) groups excluding carboxylic acids is 1. The third-order valence-corrected chi connectivity index (χ3v) is 11.8. The number of nitriles is 1. The van der Waals surface area contributed by atoms with Crippen LogP contribution in [-0.2, 0) is 9.53 Å². The van der Waals surface area contributed by atoms with E-state index < -0.39 is 23.6 Å². The maximum atomic E-state index is 17.0. The number of benzene rings is 2. The molecule has 8 rings (SSSR count). The van der Waals surface area contributed by atoms with Gasteiger partial charge in [0.1, 0.15) is 29.8 Å². The minimum absolute atomic E-state index is 0.0228. The number of aromatic nitrogens is 3. The lowest BCUT2D eigenvalue weighted by Crippen LogP contribution is -2.55. The summed E-state index contributed by atoms with van der Waals surface area (Å²) in [5.74, 6) is -0.425. The summed E-state index contributed by atoms with van der Waals surface area (Å²) >= 11 is 6.64. The van der Waals surface area contributed by atoms with Gasteiger partial charge in [-0.25, -0.2) is 8.78 Å². The number of fused-ring (bicyclic) bond motifs is 3. The standard InChI is InChI=1S/C41H45ClF2N8O3/c1-26-21-49(22-27(2)55-26)15-5-11-34(53)52-18-17-50(24-30(52)12-14-45)39-32-20-46-37(31-9-3-7-28-8-4-10-33(42)35(28)31)36(44)38(32)47-40(48-39)54-25-41-13-6-16-51(41)23-29(43)19-41/h3-5,7-11,20,26-27,29-30H,6,12-13,15-19,21-25H2,1-2H3/b11-5+/t26-,27-,29-,30+,41+/m1/s1. The Balaban J connectivity index is 1.11. The largest absolute Gasteiger partial charge is 0.461 e. The van der Waals surface area contributed by atoms with E-state index in [-0.39, 0.29) is 54.9 Å². The number of halogens is 3. The normalized spacial score (nSPS) is 26.3. The van der Waals surface area contributed by atoms with Crippen molar-refractivity contribution in [1.82, 2.24) is 29.7 Å². The molecular weight excluding hydrogens is 726 g/mol. The monoisotopic (exact) mass is 770 g/mol. The molecule has 0 saturated carbocycles. The highest BCUT2D eigenvalue weighted by molar-refractivity contribution is 6.36. The summed E-state index contributed by atoms with van der Waals surface area (Å²) in [4.78, 5) is 35.7. The van der Waals surface area contributed by atoms with Crippen LogP contribution in [0.3, 0.4) is 0 Å². The Kier molecular flexibility index (Phi) is 10.6. The van der Waals surface area contributed by atoms with E-state index in [2.05, 4.69) is 25.8 Å². The second-order valence-corrected chi connectivity index (χ2v) is 15.8. The molecule has 11 nitrogen and oxygen atoms in total. The Morgan fingerprint density at radius 3 is 2.71 bits per heavy atom. The molecule has 0 bridgehead atoms. The molecule has 6 heterocycles. The van der Waals surface area contributed by atoms with Gasteiger partial charge in [-0.05, 0) is 44.7 Å². The molecule has 0 aliphatic carbocycles. The van der Waals surface area contributed by atoms with Gasteiger partial charge in [0.05, 0.1) is 41.7 Å². The number of morpholine rings is 1. The Labute approximate surface area is 324 Å². The molecule has 2 aromatic carbocycles. The fraction of sp³-hybridized carbons (Fsp3) is 0.488. The Hall–Kier alpha value is -4.48. The third-order valence-electron chi connectivity index (χ3n) is 11.5. The average Bonchev–Trinajstić information content (AvgIpc) is 3.69. The van der Waals surface area contributed by atoms with Crippen molar-refractivity contribution < 1.29 is 23.0 Å². The lowest BCUT2D eigenvalue weighted by Gasteiger charge is -2.41. The van der Waals surface area contributed by atoms with Gasteiger partial charge in [0.2, 0.25) is 5.91 Å². The van der Waals surface area contributed by atoms with Crippen molar-refractivity contribution in [3.05, 3.63) is 65.6 Å². The topological polar surface area (TPSA) is 111 Å². The number of pyridine rings is 1. The number of anilines is 1. The van der Waals surface area contributed by atoms with Gasteiger partial charge in [0.15, 0.2) is 5.82 Å². The van der Waals surface area contributed by atoms with Crippen molar-refractivity contribution in [2.45, 2.75) is 69.5 Å². The summed E-state index contributed by atoms with van der Waals surface area (Å²) in [5, 5.41) is 12.2. The predicted molar refractivity (Wildman–Crippen MR) is 207 cm³/mol. The van der Waals surface area contributed by atoms with Crippen LogP contribution in [0.4, 0.5) is 14.6 Å². The van der Waals surface area contributed by atoms with Crippen LogP contribution < -0.4 is 9.64 Å². The Morgan fingerprint density at radius 1 is 1.11 bits per heavy atom. The minimum Gasteiger partial charge on any atom is -0.461 e. The van der Waals surface area contributed by atoms with Crippen LogP contribution in [0, 0.1) is 17.1 Å². The number of alkyl halides is 1. The first-order chi connectivity index (χ1) is 26.6. The third kappa shape index (κ3) is 7.45. The molecule has 4 aromatic rings. The first-order valence-electron chi connectivity index (χ1n) is 19.1.